The van der Waals surface area contributed by atoms with E-state index in [0.717, 1.165) is 31.4 Å². The van der Waals surface area contributed by atoms with Crippen LogP contribution in [0.1, 0.15) is 58.8 Å². The Kier molecular flexibility index (Phi) is 6.62. The number of hydrogen-bond donors (Lipinski definition) is 2. The third-order valence-corrected chi connectivity index (χ3v) is 6.65. The van der Waals surface area contributed by atoms with Gasteiger partial charge in [0.25, 0.3) is 0 Å². The van der Waals surface area contributed by atoms with Crippen LogP contribution in [0, 0.1) is 0 Å². The summed E-state index contributed by atoms with van der Waals surface area (Å²) in [6.45, 7) is 3.93. The molecule has 1 saturated heterocycles. The van der Waals surface area contributed by atoms with E-state index in [9.17, 15) is 13.2 Å². The molecular weight excluding hydrogens is 380 g/mol. The summed E-state index contributed by atoms with van der Waals surface area (Å²) < 4.78 is 38.7. The third kappa shape index (κ3) is 5.68. The maximum absolute atomic E-state index is 12.6. The average Bonchev–Trinajstić information content (AvgIpc) is 2.79. The second kappa shape index (κ2) is 8.80. The molecule has 156 valence electrons. The molecule has 0 radical (unpaired) electrons. The zero-order valence-corrected chi connectivity index (χ0v) is 17.4. The molecule has 0 bridgehead atoms. The van der Waals surface area contributed by atoms with Crippen LogP contribution in [0.15, 0.2) is 29.2 Å². The van der Waals surface area contributed by atoms with Crippen LogP contribution in [0.25, 0.3) is 0 Å². The number of hydrogen-bond acceptors (Lipinski definition) is 6. The maximum atomic E-state index is 12.6. The fraction of sp³-hybridized carbons (Fsp3) is 0.650. The number of cyclic esters (lactones) is 1. The molecule has 0 unspecified atom stereocenters. The summed E-state index contributed by atoms with van der Waals surface area (Å²) in [5.41, 5.74) is 0.791. The van der Waals surface area contributed by atoms with Crippen molar-refractivity contribution in [1.82, 2.24) is 4.72 Å². The van der Waals surface area contributed by atoms with Crippen LogP contribution < -0.4 is 10.0 Å². The van der Waals surface area contributed by atoms with E-state index in [1.54, 1.807) is 38.1 Å². The van der Waals surface area contributed by atoms with Crippen molar-refractivity contribution >= 4 is 21.7 Å². The minimum absolute atomic E-state index is 0.0284. The molecule has 0 aromatic heterocycles. The van der Waals surface area contributed by atoms with Gasteiger partial charge in [0.05, 0.1) is 4.90 Å². The van der Waals surface area contributed by atoms with Crippen molar-refractivity contribution in [3.63, 3.8) is 0 Å². The molecule has 1 atom stereocenters. The predicted molar refractivity (Wildman–Crippen MR) is 106 cm³/mol. The predicted octanol–water partition coefficient (Wildman–Crippen LogP) is 3.17. The molecule has 1 aliphatic heterocycles. The molecule has 1 aliphatic carbocycles. The molecule has 2 N–H and O–H groups in total. The molecule has 1 heterocycles. The van der Waals surface area contributed by atoms with Gasteiger partial charge in [0.15, 0.2) is 6.10 Å². The first-order valence-electron chi connectivity index (χ1n) is 10.0. The summed E-state index contributed by atoms with van der Waals surface area (Å²) >= 11 is 0. The van der Waals surface area contributed by atoms with Crippen molar-refractivity contribution in [1.29, 1.82) is 0 Å². The second-order valence-electron chi connectivity index (χ2n) is 7.98. The highest BCUT2D eigenvalue weighted by Gasteiger charge is 2.40. The van der Waals surface area contributed by atoms with Gasteiger partial charge in [0.1, 0.15) is 0 Å². The van der Waals surface area contributed by atoms with E-state index >= 15 is 0 Å². The van der Waals surface area contributed by atoms with E-state index in [0.29, 0.717) is 13.0 Å². The first-order valence-corrected chi connectivity index (χ1v) is 11.5. The van der Waals surface area contributed by atoms with Gasteiger partial charge in [-0.15, -0.1) is 0 Å². The highest BCUT2D eigenvalue weighted by molar-refractivity contribution is 7.89. The van der Waals surface area contributed by atoms with Crippen LogP contribution in [-0.2, 0) is 24.3 Å². The van der Waals surface area contributed by atoms with Gasteiger partial charge in [-0.05, 0) is 37.1 Å². The van der Waals surface area contributed by atoms with Crippen LogP contribution in [0.2, 0.25) is 0 Å². The van der Waals surface area contributed by atoms with E-state index < -0.39 is 21.9 Å². The topological polar surface area (TPSA) is 93.7 Å². The number of carbonyl (C=O) groups is 1. The van der Waals surface area contributed by atoms with E-state index in [2.05, 4.69) is 10.0 Å². The van der Waals surface area contributed by atoms with Gasteiger partial charge >= 0.3 is 5.97 Å². The third-order valence-electron chi connectivity index (χ3n) is 5.11. The lowest BCUT2D eigenvalue weighted by molar-refractivity contribution is -0.160. The Bertz CT molecular complexity index is 768. The second-order valence-corrected chi connectivity index (χ2v) is 9.69. The molecule has 1 saturated carbocycles. The van der Waals surface area contributed by atoms with Gasteiger partial charge < -0.3 is 14.8 Å². The zero-order chi connectivity index (χ0) is 20.2. The quantitative estimate of drug-likeness (QED) is 0.530. The maximum Gasteiger partial charge on any atom is 0.337 e. The molecule has 2 fully saturated rings. The highest BCUT2D eigenvalue weighted by atomic mass is 32.2. The minimum atomic E-state index is -3.51. The lowest BCUT2D eigenvalue weighted by Gasteiger charge is -2.17. The van der Waals surface area contributed by atoms with E-state index in [1.165, 1.54) is 12.8 Å². The monoisotopic (exact) mass is 410 g/mol. The Morgan fingerprint density at radius 3 is 2.29 bits per heavy atom. The number of carbonyl (C=O) groups excluding carboxylic acids is 1. The van der Waals surface area contributed by atoms with Crippen molar-refractivity contribution in [3.8, 4) is 0 Å². The number of anilines is 1. The fourth-order valence-corrected chi connectivity index (χ4v) is 4.99. The van der Waals surface area contributed by atoms with Crippen LogP contribution >= 0.6 is 0 Å². The van der Waals surface area contributed by atoms with Gasteiger partial charge in [0.2, 0.25) is 15.8 Å². The summed E-state index contributed by atoms with van der Waals surface area (Å²) in [5, 5.41) is 3.18. The molecule has 2 aliphatic rings. The van der Waals surface area contributed by atoms with Crippen molar-refractivity contribution in [2.45, 2.75) is 81.6 Å². The number of sulfonamides is 1. The molecule has 28 heavy (non-hydrogen) atoms. The Balaban J connectivity index is 1.50. The Morgan fingerprint density at radius 2 is 1.71 bits per heavy atom. The normalized spacial score (nSPS) is 23.2. The molecule has 7 nitrogen and oxygen atoms in total. The van der Waals surface area contributed by atoms with Crippen LogP contribution in [0.5, 0.6) is 0 Å². The number of nitrogens with one attached hydrogen (secondary N) is 2. The molecule has 3 rings (SSSR count). The fourth-order valence-electron chi connectivity index (χ4n) is 3.68. The standard InChI is InChI=1S/C20H30N2O5S/c1-20(2)26-18(19(23)27-20)13-14-21-15-9-11-17(12-10-15)28(24,25)22-16-7-5-3-4-6-8-16/h9-12,16,18,21-22H,3-8,13-14H2,1-2H3/t18-/m1/s1. The molecule has 8 heteroatoms. The van der Waals surface area contributed by atoms with E-state index in [-0.39, 0.29) is 16.9 Å². The summed E-state index contributed by atoms with van der Waals surface area (Å²) in [6, 6.07) is 6.70. The smallest absolute Gasteiger partial charge is 0.337 e. The van der Waals surface area contributed by atoms with Gasteiger partial charge in [-0.3, -0.25) is 0 Å². The van der Waals surface area contributed by atoms with Crippen molar-refractivity contribution in [3.05, 3.63) is 24.3 Å². The largest absolute Gasteiger partial charge is 0.432 e. The van der Waals surface area contributed by atoms with Gasteiger partial charge in [-0.25, -0.2) is 17.9 Å². The summed E-state index contributed by atoms with van der Waals surface area (Å²) in [4.78, 5) is 12.0. The first kappa shape index (κ1) is 21.1. The molecule has 0 amide bonds. The lowest BCUT2D eigenvalue weighted by atomic mass is 10.1. The number of esters is 1. The number of rotatable bonds is 7. The van der Waals surface area contributed by atoms with Gasteiger partial charge in [-0.2, -0.15) is 0 Å². The van der Waals surface area contributed by atoms with Gasteiger partial charge in [-0.1, -0.05) is 25.7 Å². The van der Waals surface area contributed by atoms with Crippen molar-refractivity contribution in [2.75, 3.05) is 11.9 Å². The zero-order valence-electron chi connectivity index (χ0n) is 16.6. The van der Waals surface area contributed by atoms with Crippen LogP contribution in [0.3, 0.4) is 0 Å². The SMILES string of the molecule is CC1(C)OC(=O)[C@@H](CCNc2ccc(S(=O)(=O)NC3CCCCCC3)cc2)O1. The lowest BCUT2D eigenvalue weighted by Crippen LogP contribution is -2.34. The Labute approximate surface area is 167 Å². The summed E-state index contributed by atoms with van der Waals surface area (Å²) in [7, 11) is -3.51. The molecule has 1 aromatic carbocycles. The number of ether oxygens (including phenoxy) is 2. The average molecular weight is 411 g/mol. The summed E-state index contributed by atoms with van der Waals surface area (Å²) in [5.74, 6) is -1.22. The van der Waals surface area contributed by atoms with E-state index in [4.69, 9.17) is 9.47 Å². The Morgan fingerprint density at radius 1 is 1.07 bits per heavy atom. The summed E-state index contributed by atoms with van der Waals surface area (Å²) in [6.07, 6.45) is 6.22. The van der Waals surface area contributed by atoms with Crippen molar-refractivity contribution in [2.24, 2.45) is 0 Å². The van der Waals surface area contributed by atoms with Gasteiger partial charge in [0, 0.05) is 38.5 Å². The Hall–Kier alpha value is -1.64. The van der Waals surface area contributed by atoms with Crippen LogP contribution in [0.4, 0.5) is 5.69 Å². The molecule has 1 aromatic rings. The highest BCUT2D eigenvalue weighted by Crippen LogP contribution is 2.25. The van der Waals surface area contributed by atoms with Crippen LogP contribution in [-0.4, -0.2) is 38.9 Å². The van der Waals surface area contributed by atoms with E-state index in [1.807, 2.05) is 0 Å². The number of benzene rings is 1. The first-order chi connectivity index (χ1) is 13.3. The molecule has 0 spiro atoms. The minimum Gasteiger partial charge on any atom is -0.432 e. The van der Waals surface area contributed by atoms with Crippen molar-refractivity contribution < 1.29 is 22.7 Å². The molecular formula is C20H30N2O5S.